The standard InChI is InChI=1S/C32H27F6NO4/c1-4-20(21-8-6-5-7-9-21)11-10-19(2)14-27(30(42)43-3)39-29(41)26-17-22(12-13-28(26)40)23-15-24(31(33,34)35)18-25(16-23)32(36,37)38/h4-13,15-18,27,40H,1,14H2,2-3H3,(H,39,41)/b19-10+,20-11+/t27-/m0/s1. The number of esters is 1. The number of hydrogen-bond acceptors (Lipinski definition) is 4. The topological polar surface area (TPSA) is 75.6 Å². The van der Waals surface area contributed by atoms with Crippen molar-refractivity contribution in [3.8, 4) is 16.9 Å². The first-order valence-electron chi connectivity index (χ1n) is 12.7. The van der Waals surface area contributed by atoms with Crippen molar-refractivity contribution in [1.82, 2.24) is 5.32 Å². The molecule has 43 heavy (non-hydrogen) atoms. The highest BCUT2D eigenvalue weighted by Gasteiger charge is 2.37. The second-order valence-corrected chi connectivity index (χ2v) is 9.48. The Balaban J connectivity index is 1.92. The molecule has 11 heteroatoms. The number of methoxy groups -OCH3 is 1. The van der Waals surface area contributed by atoms with Gasteiger partial charge in [0.15, 0.2) is 0 Å². The molecule has 0 aliphatic carbocycles. The van der Waals surface area contributed by atoms with E-state index in [4.69, 9.17) is 4.74 Å². The van der Waals surface area contributed by atoms with Gasteiger partial charge in [-0.05, 0) is 65.9 Å². The van der Waals surface area contributed by atoms with E-state index in [9.17, 15) is 41.0 Å². The number of alkyl halides is 6. The van der Waals surface area contributed by atoms with Gasteiger partial charge in [-0.3, -0.25) is 4.79 Å². The van der Waals surface area contributed by atoms with Crippen LogP contribution in [0.2, 0.25) is 0 Å². The number of carbonyl (C=O) groups is 2. The fraction of sp³-hybridized carbons (Fsp3) is 0.188. The molecular weight excluding hydrogens is 576 g/mol. The lowest BCUT2D eigenvalue weighted by Gasteiger charge is -2.18. The molecule has 3 aromatic rings. The van der Waals surface area contributed by atoms with E-state index in [1.54, 1.807) is 25.2 Å². The fourth-order valence-corrected chi connectivity index (χ4v) is 4.13. The van der Waals surface area contributed by atoms with E-state index in [2.05, 4.69) is 11.9 Å². The van der Waals surface area contributed by atoms with Crippen LogP contribution in [0.4, 0.5) is 26.3 Å². The average Bonchev–Trinajstić information content (AvgIpc) is 2.96. The number of nitrogens with one attached hydrogen (secondary N) is 1. The highest BCUT2D eigenvalue weighted by atomic mass is 19.4. The van der Waals surface area contributed by atoms with Gasteiger partial charge in [0.25, 0.3) is 5.91 Å². The Kier molecular flexibility index (Phi) is 10.2. The first kappa shape index (κ1) is 32.7. The Labute approximate surface area is 243 Å². The van der Waals surface area contributed by atoms with Crippen LogP contribution < -0.4 is 5.32 Å². The average molecular weight is 604 g/mol. The maximum Gasteiger partial charge on any atom is 0.416 e. The second-order valence-electron chi connectivity index (χ2n) is 9.48. The van der Waals surface area contributed by atoms with Crippen molar-refractivity contribution in [3.63, 3.8) is 0 Å². The lowest BCUT2D eigenvalue weighted by atomic mass is 9.97. The second kappa shape index (κ2) is 13.5. The first-order chi connectivity index (χ1) is 20.1. The highest BCUT2D eigenvalue weighted by Crippen LogP contribution is 2.39. The summed E-state index contributed by atoms with van der Waals surface area (Å²) in [5, 5.41) is 12.7. The highest BCUT2D eigenvalue weighted by molar-refractivity contribution is 6.00. The number of benzene rings is 3. The van der Waals surface area contributed by atoms with E-state index in [1.165, 1.54) is 0 Å². The zero-order valence-corrected chi connectivity index (χ0v) is 23.0. The van der Waals surface area contributed by atoms with Crippen molar-refractivity contribution in [1.29, 1.82) is 0 Å². The van der Waals surface area contributed by atoms with Crippen LogP contribution in [0.5, 0.6) is 5.75 Å². The van der Waals surface area contributed by atoms with Crippen molar-refractivity contribution in [2.24, 2.45) is 0 Å². The fourth-order valence-electron chi connectivity index (χ4n) is 4.13. The van der Waals surface area contributed by atoms with Crippen molar-refractivity contribution in [2.75, 3.05) is 7.11 Å². The molecule has 0 saturated heterocycles. The molecule has 0 saturated carbocycles. The quantitative estimate of drug-likeness (QED) is 0.148. The lowest BCUT2D eigenvalue weighted by molar-refractivity contribution is -0.144. The van der Waals surface area contributed by atoms with Gasteiger partial charge < -0.3 is 15.2 Å². The van der Waals surface area contributed by atoms with Crippen molar-refractivity contribution >= 4 is 17.4 Å². The molecule has 3 aromatic carbocycles. The molecule has 0 radical (unpaired) electrons. The van der Waals surface area contributed by atoms with Crippen LogP contribution in [0.25, 0.3) is 16.7 Å². The van der Waals surface area contributed by atoms with E-state index in [0.29, 0.717) is 17.7 Å². The molecule has 0 bridgehead atoms. The number of ether oxygens (including phenoxy) is 1. The molecule has 0 fully saturated rings. The van der Waals surface area contributed by atoms with Gasteiger partial charge in [0.05, 0.1) is 23.8 Å². The summed E-state index contributed by atoms with van der Waals surface area (Å²) in [5.74, 6) is -2.43. The van der Waals surface area contributed by atoms with Crippen LogP contribution >= 0.6 is 0 Å². The number of phenols is 1. The third-order valence-corrected chi connectivity index (χ3v) is 6.35. The molecule has 0 aliphatic heterocycles. The largest absolute Gasteiger partial charge is 0.507 e. The van der Waals surface area contributed by atoms with Gasteiger partial charge in [-0.15, -0.1) is 0 Å². The number of amides is 1. The zero-order valence-electron chi connectivity index (χ0n) is 23.0. The monoisotopic (exact) mass is 603 g/mol. The van der Waals surface area contributed by atoms with E-state index in [0.717, 1.165) is 36.4 Å². The summed E-state index contributed by atoms with van der Waals surface area (Å²) in [4.78, 5) is 25.6. The van der Waals surface area contributed by atoms with Crippen LogP contribution in [0, 0.1) is 0 Å². The van der Waals surface area contributed by atoms with E-state index >= 15 is 0 Å². The summed E-state index contributed by atoms with van der Waals surface area (Å²) in [6, 6.07) is 12.1. The smallest absolute Gasteiger partial charge is 0.416 e. The van der Waals surface area contributed by atoms with Crippen molar-refractivity contribution in [3.05, 3.63) is 119 Å². The van der Waals surface area contributed by atoms with Crippen LogP contribution in [-0.2, 0) is 21.9 Å². The van der Waals surface area contributed by atoms with E-state index in [1.807, 2.05) is 30.3 Å². The molecular formula is C32H27F6NO4. The zero-order chi connectivity index (χ0) is 31.9. The Morgan fingerprint density at radius 1 is 0.907 bits per heavy atom. The molecule has 0 unspecified atom stereocenters. The number of aromatic hydroxyl groups is 1. The third kappa shape index (κ3) is 8.60. The Morgan fingerprint density at radius 3 is 2.05 bits per heavy atom. The summed E-state index contributed by atoms with van der Waals surface area (Å²) >= 11 is 0. The van der Waals surface area contributed by atoms with Gasteiger partial charge in [-0.25, -0.2) is 4.79 Å². The minimum absolute atomic E-state index is 0.0125. The molecule has 5 nitrogen and oxygen atoms in total. The molecule has 2 N–H and O–H groups in total. The van der Waals surface area contributed by atoms with Crippen LogP contribution in [0.3, 0.4) is 0 Å². The summed E-state index contributed by atoms with van der Waals surface area (Å²) in [6.07, 6.45) is -5.03. The maximum atomic E-state index is 13.4. The number of allylic oxidation sites excluding steroid dienone is 4. The van der Waals surface area contributed by atoms with Crippen molar-refractivity contribution in [2.45, 2.75) is 31.7 Å². The van der Waals surface area contributed by atoms with Gasteiger partial charge >= 0.3 is 18.3 Å². The third-order valence-electron chi connectivity index (χ3n) is 6.35. The van der Waals surface area contributed by atoms with Gasteiger partial charge in [0, 0.05) is 0 Å². The SMILES string of the molecule is C=C/C(=C\C=C(/C)C[C@H](NC(=O)c1cc(-c2cc(C(F)(F)F)cc(C(F)(F)F)c2)ccc1O)C(=O)OC)c1ccccc1. The Hall–Kier alpha value is -4.80. The van der Waals surface area contributed by atoms with Crippen LogP contribution in [0.1, 0.15) is 40.4 Å². The molecule has 226 valence electrons. The number of carbonyl (C=O) groups excluding carboxylic acids is 2. The molecule has 1 amide bonds. The molecule has 0 spiro atoms. The Morgan fingerprint density at radius 2 is 1.51 bits per heavy atom. The number of rotatable bonds is 9. The predicted octanol–water partition coefficient (Wildman–Crippen LogP) is 7.97. The first-order valence-corrected chi connectivity index (χ1v) is 12.7. The number of halogens is 6. The van der Waals surface area contributed by atoms with E-state index in [-0.39, 0.29) is 18.1 Å². The number of phenolic OH excluding ortho intramolecular Hbond substituents is 1. The van der Waals surface area contributed by atoms with Gasteiger partial charge in [-0.1, -0.05) is 66.8 Å². The summed E-state index contributed by atoms with van der Waals surface area (Å²) in [7, 11) is 1.11. The molecule has 0 aromatic heterocycles. The Bertz CT molecular complexity index is 1520. The predicted molar refractivity (Wildman–Crippen MR) is 150 cm³/mol. The molecule has 1 atom stereocenters. The molecule has 0 aliphatic rings. The minimum Gasteiger partial charge on any atom is -0.507 e. The normalized spacial score (nSPS) is 13.3. The van der Waals surface area contributed by atoms with Gasteiger partial charge in [0.2, 0.25) is 0 Å². The molecule has 3 rings (SSSR count). The maximum absolute atomic E-state index is 13.4. The lowest BCUT2D eigenvalue weighted by Crippen LogP contribution is -2.41. The number of hydrogen-bond donors (Lipinski definition) is 2. The summed E-state index contributed by atoms with van der Waals surface area (Å²) in [6.45, 7) is 5.50. The van der Waals surface area contributed by atoms with Gasteiger partial charge in [0.1, 0.15) is 11.8 Å². The van der Waals surface area contributed by atoms with E-state index < -0.39 is 58.3 Å². The summed E-state index contributed by atoms with van der Waals surface area (Å²) in [5.41, 5.74) is -1.89. The summed E-state index contributed by atoms with van der Waals surface area (Å²) < 4.78 is 84.9. The molecule has 0 heterocycles. The minimum atomic E-state index is -5.07. The van der Waals surface area contributed by atoms with Crippen LogP contribution in [0.15, 0.2) is 97.1 Å². The van der Waals surface area contributed by atoms with Gasteiger partial charge in [-0.2, -0.15) is 26.3 Å². The van der Waals surface area contributed by atoms with Crippen LogP contribution in [-0.4, -0.2) is 30.1 Å². The van der Waals surface area contributed by atoms with Crippen molar-refractivity contribution < 1.29 is 45.8 Å².